The van der Waals surface area contributed by atoms with Gasteiger partial charge < -0.3 is 14.5 Å². The summed E-state index contributed by atoms with van der Waals surface area (Å²) in [6, 6.07) is 12.7. The summed E-state index contributed by atoms with van der Waals surface area (Å²) in [5.74, 6) is 1.41. The molecule has 0 atom stereocenters. The molecule has 2 aromatic heterocycles. The summed E-state index contributed by atoms with van der Waals surface area (Å²) in [4.78, 5) is 21.8. The van der Waals surface area contributed by atoms with Gasteiger partial charge in [0, 0.05) is 41.0 Å². The second kappa shape index (κ2) is 8.36. The van der Waals surface area contributed by atoms with E-state index in [1.807, 2.05) is 47.5 Å². The molecule has 2 aromatic carbocycles. The molecule has 0 saturated heterocycles. The number of rotatable bonds is 7. The van der Waals surface area contributed by atoms with Gasteiger partial charge in [-0.25, -0.2) is 22.7 Å². The van der Waals surface area contributed by atoms with Gasteiger partial charge in [0.25, 0.3) is 0 Å². The van der Waals surface area contributed by atoms with Crippen molar-refractivity contribution in [1.82, 2.24) is 28.7 Å². The van der Waals surface area contributed by atoms with E-state index in [-0.39, 0.29) is 17.2 Å². The number of benzene rings is 2. The first kappa shape index (κ1) is 22.0. The van der Waals surface area contributed by atoms with Gasteiger partial charge in [0.15, 0.2) is 0 Å². The lowest BCUT2D eigenvalue weighted by atomic mass is 10.3. The maximum Gasteiger partial charge on any atom is 0.242 e. The van der Waals surface area contributed by atoms with Crippen LogP contribution in [0, 0.1) is 0 Å². The number of sulfonamides is 1. The third kappa shape index (κ3) is 3.98. The summed E-state index contributed by atoms with van der Waals surface area (Å²) < 4.78 is 29.8. The second-order valence-electron chi connectivity index (χ2n) is 7.88. The Bertz CT molecular complexity index is 1420. The smallest absolute Gasteiger partial charge is 0.242 e. The Balaban J connectivity index is 1.43. The highest BCUT2D eigenvalue weighted by Gasteiger charge is 2.19. The van der Waals surface area contributed by atoms with Crippen LogP contribution in [0.5, 0.6) is 0 Å². The molecule has 10 heteroatoms. The molecule has 0 unspecified atom stereocenters. The lowest BCUT2D eigenvalue weighted by Gasteiger charge is -2.10. The molecule has 1 N–H and O–H groups in total. The summed E-state index contributed by atoms with van der Waals surface area (Å²) >= 11 is 0. The zero-order chi connectivity index (χ0) is 23.0. The quantitative estimate of drug-likeness (QED) is 0.460. The molecule has 1 amide bonds. The Labute approximate surface area is 186 Å². The van der Waals surface area contributed by atoms with Gasteiger partial charge in [0.1, 0.15) is 11.6 Å². The number of fused-ring (bicyclic) bond motifs is 2. The van der Waals surface area contributed by atoms with E-state index in [0.29, 0.717) is 18.5 Å². The van der Waals surface area contributed by atoms with E-state index >= 15 is 0 Å². The first-order valence-corrected chi connectivity index (χ1v) is 11.7. The van der Waals surface area contributed by atoms with Crippen molar-refractivity contribution in [2.24, 2.45) is 14.1 Å². The Hall–Kier alpha value is -3.24. The summed E-state index contributed by atoms with van der Waals surface area (Å²) in [5, 5.41) is 2.92. The van der Waals surface area contributed by atoms with Crippen molar-refractivity contribution in [1.29, 1.82) is 0 Å². The minimum atomic E-state index is -3.53. The molecule has 32 heavy (non-hydrogen) atoms. The van der Waals surface area contributed by atoms with Crippen LogP contribution >= 0.6 is 0 Å². The van der Waals surface area contributed by atoms with Crippen molar-refractivity contribution >= 4 is 38.0 Å². The number of imidazole rings is 2. The monoisotopic (exact) mass is 454 g/mol. The van der Waals surface area contributed by atoms with Gasteiger partial charge in [-0.15, -0.1) is 0 Å². The summed E-state index contributed by atoms with van der Waals surface area (Å²) in [6.45, 7) is 0.346. The van der Waals surface area contributed by atoms with Crippen LogP contribution in [-0.2, 0) is 41.9 Å². The largest absolute Gasteiger partial charge is 0.349 e. The van der Waals surface area contributed by atoms with Crippen LogP contribution in [0.15, 0.2) is 47.4 Å². The molecule has 0 spiro atoms. The molecule has 2 heterocycles. The van der Waals surface area contributed by atoms with E-state index in [4.69, 9.17) is 0 Å². The molecule has 168 valence electrons. The maximum atomic E-state index is 12.4. The van der Waals surface area contributed by atoms with Crippen molar-refractivity contribution < 1.29 is 13.2 Å². The number of amides is 1. The highest BCUT2D eigenvalue weighted by atomic mass is 32.2. The van der Waals surface area contributed by atoms with E-state index in [9.17, 15) is 13.2 Å². The highest BCUT2D eigenvalue weighted by molar-refractivity contribution is 7.89. The lowest BCUT2D eigenvalue weighted by Crippen LogP contribution is -2.25. The van der Waals surface area contributed by atoms with Crippen LogP contribution in [0.1, 0.15) is 18.1 Å². The molecular formula is C22H26N6O3S. The van der Waals surface area contributed by atoms with Gasteiger partial charge in [0.2, 0.25) is 15.9 Å². The fourth-order valence-electron chi connectivity index (χ4n) is 3.67. The van der Waals surface area contributed by atoms with Crippen LogP contribution < -0.4 is 5.32 Å². The van der Waals surface area contributed by atoms with Crippen molar-refractivity contribution in [2.45, 2.75) is 24.3 Å². The normalized spacial score (nSPS) is 12.2. The molecule has 4 rings (SSSR count). The van der Waals surface area contributed by atoms with E-state index in [2.05, 4.69) is 15.3 Å². The average molecular weight is 455 g/mol. The number of carbonyl (C=O) groups is 1. The zero-order valence-electron chi connectivity index (χ0n) is 18.5. The number of nitrogens with zero attached hydrogens (tertiary/aromatic N) is 5. The van der Waals surface area contributed by atoms with Crippen LogP contribution in [0.25, 0.3) is 22.1 Å². The van der Waals surface area contributed by atoms with Crippen molar-refractivity contribution in [3.8, 4) is 0 Å². The molecular weight excluding hydrogens is 428 g/mol. The number of aromatic nitrogens is 4. The van der Waals surface area contributed by atoms with E-state index < -0.39 is 10.0 Å². The topological polar surface area (TPSA) is 102 Å². The van der Waals surface area contributed by atoms with Crippen molar-refractivity contribution in [2.75, 3.05) is 14.1 Å². The molecule has 0 radical (unpaired) electrons. The van der Waals surface area contributed by atoms with Crippen LogP contribution in [0.4, 0.5) is 0 Å². The van der Waals surface area contributed by atoms with E-state index in [1.165, 1.54) is 18.4 Å². The summed E-state index contributed by atoms with van der Waals surface area (Å²) in [6.07, 6.45) is 0.708. The highest BCUT2D eigenvalue weighted by Crippen LogP contribution is 2.22. The first-order valence-electron chi connectivity index (χ1n) is 10.2. The van der Waals surface area contributed by atoms with Gasteiger partial charge in [0.05, 0.1) is 33.5 Å². The number of para-hydroxylation sites is 2. The standard InChI is InChI=1S/C22H26N6O3S/c1-26(2)32(30,31)15-9-10-19-17(13-15)25-20(27(19)3)11-12-22(29)23-14-21-24-16-7-5-6-8-18(16)28(21)4/h5-10,13H,11-12,14H2,1-4H3,(H,23,29). The molecule has 0 aliphatic carbocycles. The predicted octanol–water partition coefficient (Wildman–Crippen LogP) is 1.96. The molecule has 9 nitrogen and oxygen atoms in total. The predicted molar refractivity (Wildman–Crippen MR) is 122 cm³/mol. The van der Waals surface area contributed by atoms with Gasteiger partial charge in [-0.05, 0) is 30.3 Å². The zero-order valence-corrected chi connectivity index (χ0v) is 19.3. The molecule has 0 aliphatic rings. The summed E-state index contributed by atoms with van der Waals surface area (Å²) in [7, 11) is 3.25. The Morgan fingerprint density at radius 3 is 2.34 bits per heavy atom. The van der Waals surface area contributed by atoms with Gasteiger partial charge in [-0.1, -0.05) is 12.1 Å². The molecule has 0 aliphatic heterocycles. The Morgan fingerprint density at radius 2 is 1.62 bits per heavy atom. The van der Waals surface area contributed by atoms with Crippen LogP contribution in [-0.4, -0.2) is 51.8 Å². The molecule has 0 saturated carbocycles. The Kier molecular flexibility index (Phi) is 5.74. The van der Waals surface area contributed by atoms with Gasteiger partial charge >= 0.3 is 0 Å². The van der Waals surface area contributed by atoms with Crippen molar-refractivity contribution in [3.05, 3.63) is 54.1 Å². The maximum absolute atomic E-state index is 12.4. The lowest BCUT2D eigenvalue weighted by molar-refractivity contribution is -0.121. The number of nitrogens with one attached hydrogen (secondary N) is 1. The Morgan fingerprint density at radius 1 is 0.969 bits per heavy atom. The fourth-order valence-corrected chi connectivity index (χ4v) is 4.59. The number of aryl methyl sites for hydroxylation is 3. The third-order valence-corrected chi connectivity index (χ3v) is 7.43. The molecule has 0 fully saturated rings. The van der Waals surface area contributed by atoms with E-state index in [0.717, 1.165) is 28.2 Å². The van der Waals surface area contributed by atoms with Gasteiger partial charge in [-0.3, -0.25) is 4.79 Å². The van der Waals surface area contributed by atoms with Gasteiger partial charge in [-0.2, -0.15) is 0 Å². The third-order valence-electron chi connectivity index (χ3n) is 5.62. The molecule has 4 aromatic rings. The first-order chi connectivity index (χ1) is 15.2. The number of carbonyl (C=O) groups excluding carboxylic acids is 1. The van der Waals surface area contributed by atoms with Crippen molar-refractivity contribution in [3.63, 3.8) is 0 Å². The summed E-state index contributed by atoms with van der Waals surface area (Å²) in [5.41, 5.74) is 3.32. The van der Waals surface area contributed by atoms with Crippen LogP contribution in [0.2, 0.25) is 0 Å². The van der Waals surface area contributed by atoms with Crippen LogP contribution in [0.3, 0.4) is 0 Å². The minimum Gasteiger partial charge on any atom is -0.349 e. The number of hydrogen-bond donors (Lipinski definition) is 1. The number of hydrogen-bond acceptors (Lipinski definition) is 5. The minimum absolute atomic E-state index is 0.0972. The molecule has 0 bridgehead atoms. The average Bonchev–Trinajstić information content (AvgIpc) is 3.27. The second-order valence-corrected chi connectivity index (χ2v) is 10.0. The van der Waals surface area contributed by atoms with E-state index in [1.54, 1.807) is 18.2 Å². The fraction of sp³-hybridized carbons (Fsp3) is 0.318. The SMILES string of the molecule is CN(C)S(=O)(=O)c1ccc2c(c1)nc(CCC(=O)NCc1nc3ccccc3n1C)n2C.